The maximum atomic E-state index is 13.2. The SMILES string of the molecule is COc1ccc(C)cc1S(=O)(=O)NC[C@H](c1ccco1)S(=O)(=O)c1ccc(Cl)cc1. The molecule has 2 aromatic carbocycles. The van der Waals surface area contributed by atoms with Crippen molar-refractivity contribution in [1.29, 1.82) is 0 Å². The Balaban J connectivity index is 1.96. The molecule has 1 heterocycles. The zero-order valence-electron chi connectivity index (χ0n) is 16.2. The van der Waals surface area contributed by atoms with Crippen LogP contribution in [0.3, 0.4) is 0 Å². The molecule has 3 aromatic rings. The van der Waals surface area contributed by atoms with Crippen molar-refractivity contribution in [2.45, 2.75) is 22.0 Å². The third-order valence-electron chi connectivity index (χ3n) is 4.44. The molecule has 0 aliphatic carbocycles. The van der Waals surface area contributed by atoms with Gasteiger partial charge in [-0.1, -0.05) is 17.7 Å². The average Bonchev–Trinajstić information content (AvgIpc) is 3.22. The summed E-state index contributed by atoms with van der Waals surface area (Å²) in [7, 11) is -6.68. The van der Waals surface area contributed by atoms with Crippen molar-refractivity contribution >= 4 is 31.5 Å². The first-order valence-corrected chi connectivity index (χ1v) is 12.2. The van der Waals surface area contributed by atoms with Crippen LogP contribution < -0.4 is 9.46 Å². The van der Waals surface area contributed by atoms with Crippen LogP contribution >= 0.6 is 11.6 Å². The van der Waals surface area contributed by atoms with Gasteiger partial charge >= 0.3 is 0 Å². The number of rotatable bonds is 8. The Morgan fingerprint density at radius 2 is 1.77 bits per heavy atom. The smallest absolute Gasteiger partial charge is 0.244 e. The summed E-state index contributed by atoms with van der Waals surface area (Å²) in [5.41, 5.74) is 0.715. The summed E-state index contributed by atoms with van der Waals surface area (Å²) in [6.45, 7) is 1.31. The van der Waals surface area contributed by atoms with Gasteiger partial charge in [0, 0.05) is 11.6 Å². The van der Waals surface area contributed by atoms with Gasteiger partial charge in [-0.25, -0.2) is 21.6 Å². The van der Waals surface area contributed by atoms with E-state index in [1.807, 2.05) is 0 Å². The minimum atomic E-state index is -4.06. The molecule has 0 aliphatic rings. The number of sulfonamides is 1. The number of ether oxygens (including phenoxy) is 1. The van der Waals surface area contributed by atoms with E-state index in [0.29, 0.717) is 10.6 Å². The molecule has 0 fully saturated rings. The fourth-order valence-electron chi connectivity index (χ4n) is 2.88. The van der Waals surface area contributed by atoms with Gasteiger partial charge in [0.05, 0.1) is 18.3 Å². The summed E-state index contributed by atoms with van der Waals surface area (Å²) in [4.78, 5) is -0.0762. The molecule has 160 valence electrons. The summed E-state index contributed by atoms with van der Waals surface area (Å²) >= 11 is 5.85. The molecule has 3 rings (SSSR count). The molecular weight excluding hydrogens is 450 g/mol. The van der Waals surface area contributed by atoms with Gasteiger partial charge in [-0.3, -0.25) is 0 Å². The molecule has 1 N–H and O–H groups in total. The number of nitrogens with one attached hydrogen (secondary N) is 1. The molecule has 0 bridgehead atoms. The van der Waals surface area contributed by atoms with E-state index >= 15 is 0 Å². The highest BCUT2D eigenvalue weighted by atomic mass is 35.5. The minimum Gasteiger partial charge on any atom is -0.495 e. The van der Waals surface area contributed by atoms with Gasteiger partial charge in [-0.15, -0.1) is 0 Å². The second-order valence-electron chi connectivity index (χ2n) is 6.51. The number of furan rings is 1. The largest absolute Gasteiger partial charge is 0.495 e. The third kappa shape index (κ3) is 4.70. The Morgan fingerprint density at radius 3 is 2.37 bits per heavy atom. The Hall–Kier alpha value is -2.33. The van der Waals surface area contributed by atoms with Crippen molar-refractivity contribution in [3.8, 4) is 5.75 Å². The predicted octanol–water partition coefficient (Wildman–Crippen LogP) is 3.74. The van der Waals surface area contributed by atoms with Crippen LogP contribution in [0.15, 0.2) is 75.1 Å². The van der Waals surface area contributed by atoms with E-state index in [1.54, 1.807) is 19.1 Å². The zero-order chi connectivity index (χ0) is 21.9. The first-order valence-electron chi connectivity index (χ1n) is 8.82. The molecule has 1 atom stereocenters. The summed E-state index contributed by atoms with van der Waals surface area (Å²) in [5, 5.41) is -0.894. The molecule has 7 nitrogen and oxygen atoms in total. The molecule has 0 spiro atoms. The molecule has 0 radical (unpaired) electrons. The normalized spacial score (nSPS) is 13.2. The quantitative estimate of drug-likeness (QED) is 0.539. The summed E-state index contributed by atoms with van der Waals surface area (Å²) in [6, 6.07) is 13.4. The monoisotopic (exact) mass is 469 g/mol. The molecule has 0 amide bonds. The van der Waals surface area contributed by atoms with Crippen molar-refractivity contribution in [1.82, 2.24) is 4.72 Å². The second kappa shape index (κ2) is 8.81. The van der Waals surface area contributed by atoms with E-state index in [9.17, 15) is 16.8 Å². The first-order chi connectivity index (χ1) is 14.1. The van der Waals surface area contributed by atoms with Crippen LogP contribution in [0.5, 0.6) is 5.75 Å². The lowest BCUT2D eigenvalue weighted by atomic mass is 10.2. The van der Waals surface area contributed by atoms with Gasteiger partial charge in [0.2, 0.25) is 10.0 Å². The van der Waals surface area contributed by atoms with Crippen LogP contribution in [-0.2, 0) is 19.9 Å². The molecule has 0 saturated heterocycles. The van der Waals surface area contributed by atoms with Gasteiger partial charge in [0.25, 0.3) is 0 Å². The van der Waals surface area contributed by atoms with Crippen molar-refractivity contribution in [3.05, 3.63) is 77.2 Å². The van der Waals surface area contributed by atoms with Crippen LogP contribution in [0.4, 0.5) is 0 Å². The minimum absolute atomic E-state index is 0.000587. The predicted molar refractivity (Wildman–Crippen MR) is 113 cm³/mol. The first kappa shape index (κ1) is 22.4. The van der Waals surface area contributed by atoms with E-state index in [2.05, 4.69) is 4.72 Å². The Labute approximate surface area is 180 Å². The van der Waals surface area contributed by atoms with Crippen molar-refractivity contribution in [2.24, 2.45) is 0 Å². The standard InChI is InChI=1S/C20H20ClNO6S2/c1-14-5-10-17(27-2)19(12-14)30(25,26)22-13-20(18-4-3-11-28-18)29(23,24)16-8-6-15(21)7-9-16/h3-12,20,22H,13H2,1-2H3/t20-/m1/s1. The number of halogens is 1. The lowest BCUT2D eigenvalue weighted by molar-refractivity contribution is 0.402. The van der Waals surface area contributed by atoms with Crippen molar-refractivity contribution < 1.29 is 26.0 Å². The van der Waals surface area contributed by atoms with Crippen molar-refractivity contribution in [2.75, 3.05) is 13.7 Å². The highest BCUT2D eigenvalue weighted by Crippen LogP contribution is 2.31. The molecule has 10 heteroatoms. The van der Waals surface area contributed by atoms with Gasteiger partial charge in [-0.05, 0) is 61.0 Å². The number of sulfone groups is 1. The van der Waals surface area contributed by atoms with E-state index < -0.39 is 31.7 Å². The molecular formula is C20H20ClNO6S2. The van der Waals surface area contributed by atoms with Gasteiger partial charge < -0.3 is 9.15 Å². The number of aryl methyl sites for hydroxylation is 1. The molecule has 1 aromatic heterocycles. The molecule has 0 aliphatic heterocycles. The van der Waals surface area contributed by atoms with Crippen LogP contribution in [-0.4, -0.2) is 30.5 Å². The number of methoxy groups -OCH3 is 1. The maximum absolute atomic E-state index is 13.2. The van der Waals surface area contributed by atoms with Crippen molar-refractivity contribution in [3.63, 3.8) is 0 Å². The van der Waals surface area contributed by atoms with Crippen LogP contribution in [0.2, 0.25) is 5.02 Å². The fourth-order valence-corrected chi connectivity index (χ4v) is 6.00. The molecule has 0 saturated carbocycles. The lowest BCUT2D eigenvalue weighted by Crippen LogP contribution is -2.32. The fraction of sp³-hybridized carbons (Fsp3) is 0.200. The number of benzene rings is 2. The van der Waals surface area contributed by atoms with Crippen LogP contribution in [0, 0.1) is 6.92 Å². The van der Waals surface area contributed by atoms with Gasteiger partial charge in [0.1, 0.15) is 21.7 Å². The lowest BCUT2D eigenvalue weighted by Gasteiger charge is -2.18. The van der Waals surface area contributed by atoms with Crippen LogP contribution in [0.25, 0.3) is 0 Å². The average molecular weight is 470 g/mol. The second-order valence-corrected chi connectivity index (χ2v) is 10.8. The summed E-state index contributed by atoms with van der Waals surface area (Å²) in [5.74, 6) is 0.270. The Bertz CT molecular complexity index is 1220. The topological polar surface area (TPSA) is 103 Å². The van der Waals surface area contributed by atoms with E-state index in [1.165, 1.54) is 55.8 Å². The maximum Gasteiger partial charge on any atom is 0.244 e. The Kier molecular flexibility index (Phi) is 6.56. The zero-order valence-corrected chi connectivity index (χ0v) is 18.6. The van der Waals surface area contributed by atoms with Gasteiger partial charge in [-0.2, -0.15) is 0 Å². The number of hydrogen-bond donors (Lipinski definition) is 1. The van der Waals surface area contributed by atoms with E-state index in [4.69, 9.17) is 20.8 Å². The third-order valence-corrected chi connectivity index (χ3v) is 8.22. The number of hydrogen-bond acceptors (Lipinski definition) is 6. The summed E-state index contributed by atoms with van der Waals surface area (Å²) in [6.07, 6.45) is 1.33. The highest BCUT2D eigenvalue weighted by Gasteiger charge is 2.33. The Morgan fingerprint density at radius 1 is 1.07 bits per heavy atom. The molecule has 30 heavy (non-hydrogen) atoms. The van der Waals surface area contributed by atoms with E-state index in [-0.39, 0.29) is 21.3 Å². The van der Waals surface area contributed by atoms with Crippen LogP contribution in [0.1, 0.15) is 16.6 Å². The van der Waals surface area contributed by atoms with Gasteiger partial charge in [0.15, 0.2) is 9.84 Å². The molecule has 0 unspecified atom stereocenters. The summed E-state index contributed by atoms with van der Waals surface area (Å²) < 4.78 is 65.1. The highest BCUT2D eigenvalue weighted by molar-refractivity contribution is 7.92. The van der Waals surface area contributed by atoms with E-state index in [0.717, 1.165) is 0 Å².